The van der Waals surface area contributed by atoms with Crippen LogP contribution in [-0.2, 0) is 0 Å². The number of nitrogens with one attached hydrogen (secondary N) is 1. The zero-order valence-electron chi connectivity index (χ0n) is 10.1. The highest BCUT2D eigenvalue weighted by Gasteiger charge is 2.39. The quantitative estimate of drug-likeness (QED) is 0.919. The molecule has 1 aliphatic rings. The smallest absolute Gasteiger partial charge is 0.254 e. The Balaban J connectivity index is 1.64. The molecule has 3 nitrogen and oxygen atoms in total. The first-order valence-corrected chi connectivity index (χ1v) is 6.86. The number of hydrogen-bond donors (Lipinski definition) is 1. The van der Waals surface area contributed by atoms with Gasteiger partial charge in [-0.25, -0.2) is 0 Å². The molecule has 0 aliphatic heterocycles. The van der Waals surface area contributed by atoms with Crippen molar-refractivity contribution in [2.24, 2.45) is 0 Å². The fraction of sp³-hybridized carbons (Fsp3) is 0.286. The third-order valence-corrected chi connectivity index (χ3v) is 4.05. The van der Waals surface area contributed by atoms with Crippen LogP contribution in [0.25, 0.3) is 0 Å². The summed E-state index contributed by atoms with van der Waals surface area (Å²) in [5.41, 5.74) is 2.83. The Hall–Kier alpha value is -1.68. The molecule has 1 aromatic heterocycles. The molecule has 0 bridgehead atoms. The van der Waals surface area contributed by atoms with Crippen molar-refractivity contribution in [2.45, 2.75) is 25.3 Å². The van der Waals surface area contributed by atoms with Crippen LogP contribution in [0.3, 0.4) is 0 Å². The Labute approximate surface area is 110 Å². The van der Waals surface area contributed by atoms with Gasteiger partial charge in [-0.1, -0.05) is 30.3 Å². The Morgan fingerprint density at radius 2 is 2.17 bits per heavy atom. The van der Waals surface area contributed by atoms with Gasteiger partial charge in [0.25, 0.3) is 5.91 Å². The molecule has 0 radical (unpaired) electrons. The first-order valence-electron chi connectivity index (χ1n) is 6.02. The molecule has 1 saturated carbocycles. The van der Waals surface area contributed by atoms with Gasteiger partial charge in [0.05, 0.1) is 11.3 Å². The molecule has 92 valence electrons. The lowest BCUT2D eigenvalue weighted by Gasteiger charge is -2.03. The van der Waals surface area contributed by atoms with Crippen molar-refractivity contribution in [3.63, 3.8) is 0 Å². The van der Waals surface area contributed by atoms with Crippen molar-refractivity contribution in [1.82, 2.24) is 9.69 Å². The Morgan fingerprint density at radius 3 is 2.83 bits per heavy atom. The van der Waals surface area contributed by atoms with E-state index < -0.39 is 0 Å². The Kier molecular flexibility index (Phi) is 2.88. The molecule has 2 aromatic rings. The molecule has 1 aliphatic carbocycles. The summed E-state index contributed by atoms with van der Waals surface area (Å²) in [6, 6.07) is 10.6. The fourth-order valence-corrected chi connectivity index (χ4v) is 2.87. The highest BCUT2D eigenvalue weighted by molar-refractivity contribution is 7.03. The van der Waals surface area contributed by atoms with Crippen molar-refractivity contribution in [3.05, 3.63) is 52.5 Å². The van der Waals surface area contributed by atoms with Gasteiger partial charge in [0, 0.05) is 17.3 Å². The summed E-state index contributed by atoms with van der Waals surface area (Å²) in [6.45, 7) is 1.87. The van der Waals surface area contributed by atoms with Crippen LogP contribution < -0.4 is 5.32 Å². The maximum Gasteiger partial charge on any atom is 0.254 e. The van der Waals surface area contributed by atoms with Crippen molar-refractivity contribution < 1.29 is 4.79 Å². The van der Waals surface area contributed by atoms with Crippen molar-refractivity contribution in [2.75, 3.05) is 0 Å². The van der Waals surface area contributed by atoms with E-state index in [2.05, 4.69) is 21.8 Å². The number of amides is 1. The summed E-state index contributed by atoms with van der Waals surface area (Å²) in [4.78, 5) is 12.0. The lowest BCUT2D eigenvalue weighted by molar-refractivity contribution is 0.0950. The van der Waals surface area contributed by atoms with E-state index in [4.69, 9.17) is 0 Å². The van der Waals surface area contributed by atoms with E-state index in [0.717, 1.165) is 12.1 Å². The second-order valence-electron chi connectivity index (χ2n) is 4.65. The van der Waals surface area contributed by atoms with E-state index in [1.807, 2.05) is 30.5 Å². The number of nitrogens with zero attached hydrogens (tertiary/aromatic N) is 1. The van der Waals surface area contributed by atoms with Crippen molar-refractivity contribution in [1.29, 1.82) is 0 Å². The largest absolute Gasteiger partial charge is 0.349 e. The highest BCUT2D eigenvalue weighted by Crippen LogP contribution is 2.40. The minimum absolute atomic E-state index is 0.00433. The van der Waals surface area contributed by atoms with Crippen LogP contribution in [0.5, 0.6) is 0 Å². The van der Waals surface area contributed by atoms with Crippen LogP contribution in [0.15, 0.2) is 35.7 Å². The second kappa shape index (κ2) is 4.53. The number of rotatable bonds is 3. The molecule has 1 aromatic carbocycles. The van der Waals surface area contributed by atoms with Gasteiger partial charge in [-0.3, -0.25) is 4.79 Å². The van der Waals surface area contributed by atoms with Gasteiger partial charge < -0.3 is 5.32 Å². The van der Waals surface area contributed by atoms with E-state index in [1.165, 1.54) is 17.1 Å². The average molecular weight is 258 g/mol. The molecule has 1 N–H and O–H groups in total. The van der Waals surface area contributed by atoms with Gasteiger partial charge in [-0.2, -0.15) is 4.37 Å². The van der Waals surface area contributed by atoms with Crippen molar-refractivity contribution in [3.8, 4) is 0 Å². The van der Waals surface area contributed by atoms with Crippen molar-refractivity contribution >= 4 is 17.4 Å². The van der Waals surface area contributed by atoms with E-state index in [0.29, 0.717) is 11.5 Å². The van der Waals surface area contributed by atoms with E-state index in [1.54, 1.807) is 0 Å². The molecule has 0 spiro atoms. The van der Waals surface area contributed by atoms with E-state index in [9.17, 15) is 4.79 Å². The zero-order chi connectivity index (χ0) is 12.5. The molecule has 1 heterocycles. The Morgan fingerprint density at radius 1 is 1.39 bits per heavy atom. The standard InChI is InChI=1S/C14H14N2OS/c1-9-12(8-18-16-9)14(17)15-13-7-11(13)10-5-3-2-4-6-10/h2-6,8,11,13H,7H2,1H3,(H,15,17)/t11-,13+/m1/s1. The molecule has 0 saturated heterocycles. The molecule has 2 atom stereocenters. The summed E-state index contributed by atoms with van der Waals surface area (Å²) in [5.74, 6) is 0.478. The SMILES string of the molecule is Cc1nscc1C(=O)N[C@H]1C[C@@H]1c1ccccc1. The molecular weight excluding hydrogens is 244 g/mol. The third-order valence-electron chi connectivity index (χ3n) is 3.33. The molecular formula is C14H14N2OS. The summed E-state index contributed by atoms with van der Waals surface area (Å²) in [6.07, 6.45) is 1.03. The van der Waals surface area contributed by atoms with Crippen LogP contribution in [0, 0.1) is 6.92 Å². The topological polar surface area (TPSA) is 42.0 Å². The van der Waals surface area contributed by atoms with Gasteiger partial charge in [0.2, 0.25) is 0 Å². The third kappa shape index (κ3) is 2.16. The van der Waals surface area contributed by atoms with Gasteiger partial charge >= 0.3 is 0 Å². The first kappa shape index (κ1) is 11.4. The van der Waals surface area contributed by atoms with Gasteiger partial charge in [-0.05, 0) is 30.4 Å². The predicted octanol–water partition coefficient (Wildman–Crippen LogP) is 2.74. The molecule has 1 fully saturated rings. The Bertz CT molecular complexity index is 564. The van der Waals surface area contributed by atoms with E-state index >= 15 is 0 Å². The maximum atomic E-state index is 12.0. The summed E-state index contributed by atoms with van der Waals surface area (Å²) < 4.78 is 4.12. The summed E-state index contributed by atoms with van der Waals surface area (Å²) >= 11 is 1.33. The van der Waals surface area contributed by atoms with E-state index in [-0.39, 0.29) is 11.9 Å². The minimum atomic E-state index is 0.00433. The van der Waals surface area contributed by atoms with Crippen LogP contribution in [0.4, 0.5) is 0 Å². The number of carbonyl (C=O) groups excluding carboxylic acids is 1. The van der Waals surface area contributed by atoms with Crippen LogP contribution >= 0.6 is 11.5 Å². The zero-order valence-corrected chi connectivity index (χ0v) is 10.9. The number of benzene rings is 1. The number of aryl methyl sites for hydroxylation is 1. The number of aromatic nitrogens is 1. The summed E-state index contributed by atoms with van der Waals surface area (Å²) in [7, 11) is 0. The summed E-state index contributed by atoms with van der Waals surface area (Å²) in [5, 5.41) is 4.88. The molecule has 3 rings (SSSR count). The fourth-order valence-electron chi connectivity index (χ4n) is 2.18. The lowest BCUT2D eigenvalue weighted by Crippen LogP contribution is -2.26. The van der Waals surface area contributed by atoms with Gasteiger partial charge in [0.15, 0.2) is 0 Å². The molecule has 0 unspecified atom stereocenters. The molecule has 18 heavy (non-hydrogen) atoms. The highest BCUT2D eigenvalue weighted by atomic mass is 32.1. The molecule has 4 heteroatoms. The van der Waals surface area contributed by atoms with Crippen LogP contribution in [0.2, 0.25) is 0 Å². The maximum absolute atomic E-state index is 12.0. The van der Waals surface area contributed by atoms with Crippen LogP contribution in [0.1, 0.15) is 34.0 Å². The van der Waals surface area contributed by atoms with Gasteiger partial charge in [0.1, 0.15) is 0 Å². The van der Waals surface area contributed by atoms with Crippen LogP contribution in [-0.4, -0.2) is 16.3 Å². The van der Waals surface area contributed by atoms with Gasteiger partial charge in [-0.15, -0.1) is 0 Å². The monoisotopic (exact) mass is 258 g/mol. The number of carbonyl (C=O) groups is 1. The number of hydrogen-bond acceptors (Lipinski definition) is 3. The average Bonchev–Trinajstić information content (AvgIpc) is 3.01. The normalized spacial score (nSPS) is 21.6. The molecule has 1 amide bonds. The lowest BCUT2D eigenvalue weighted by atomic mass is 10.1. The minimum Gasteiger partial charge on any atom is -0.349 e. The first-order chi connectivity index (χ1) is 8.75. The predicted molar refractivity (Wildman–Crippen MR) is 71.9 cm³/mol. The second-order valence-corrected chi connectivity index (χ2v) is 5.28.